The van der Waals surface area contributed by atoms with Crippen molar-refractivity contribution in [2.75, 3.05) is 6.54 Å². The molecule has 1 N–H and O–H groups in total. The van der Waals surface area contributed by atoms with E-state index in [1.165, 1.54) is 0 Å². The maximum Gasteiger partial charge on any atom is 0.251 e. The molecule has 0 aliphatic heterocycles. The lowest BCUT2D eigenvalue weighted by atomic mass is 9.91. The van der Waals surface area contributed by atoms with Crippen LogP contribution in [0.25, 0.3) is 0 Å². The van der Waals surface area contributed by atoms with Gasteiger partial charge in [0.2, 0.25) is 0 Å². The number of ketones is 1. The Balaban J connectivity index is 2.70. The maximum atomic E-state index is 11.9. The molecule has 3 heteroatoms. The molecule has 98 valence electrons. The minimum absolute atomic E-state index is 0.0283. The Morgan fingerprint density at radius 2 is 1.78 bits per heavy atom. The molecule has 0 radical (unpaired) electrons. The lowest BCUT2D eigenvalue weighted by Crippen LogP contribution is -2.35. The van der Waals surface area contributed by atoms with E-state index in [2.05, 4.69) is 5.32 Å². The molecule has 1 rings (SSSR count). The highest BCUT2D eigenvalue weighted by Gasteiger charge is 2.21. The van der Waals surface area contributed by atoms with Crippen LogP contribution in [0.15, 0.2) is 18.2 Å². The van der Waals surface area contributed by atoms with Crippen LogP contribution in [0.2, 0.25) is 0 Å². The molecule has 0 saturated heterocycles. The average Bonchev–Trinajstić information content (AvgIpc) is 2.24. The van der Waals surface area contributed by atoms with Gasteiger partial charge < -0.3 is 5.32 Å². The number of benzene rings is 1. The molecule has 0 unspecified atom stereocenters. The zero-order valence-electron chi connectivity index (χ0n) is 11.8. The summed E-state index contributed by atoms with van der Waals surface area (Å²) in [4.78, 5) is 23.7. The van der Waals surface area contributed by atoms with Crippen LogP contribution in [0.1, 0.15) is 42.3 Å². The van der Waals surface area contributed by atoms with Crippen LogP contribution >= 0.6 is 0 Å². The molecule has 1 aromatic rings. The largest absolute Gasteiger partial charge is 0.345 e. The Bertz CT molecular complexity index is 470. The number of nitrogens with one attached hydrogen (secondary N) is 1. The number of hydrogen-bond donors (Lipinski definition) is 1. The van der Waals surface area contributed by atoms with Crippen molar-refractivity contribution in [2.45, 2.75) is 34.6 Å². The van der Waals surface area contributed by atoms with E-state index in [9.17, 15) is 9.59 Å². The van der Waals surface area contributed by atoms with Gasteiger partial charge in [-0.2, -0.15) is 0 Å². The fourth-order valence-electron chi connectivity index (χ4n) is 1.59. The second kappa shape index (κ2) is 5.34. The van der Waals surface area contributed by atoms with Crippen LogP contribution in [0.5, 0.6) is 0 Å². The topological polar surface area (TPSA) is 46.2 Å². The molecule has 3 nitrogen and oxygen atoms in total. The lowest BCUT2D eigenvalue weighted by molar-refractivity contribution is -0.125. The van der Waals surface area contributed by atoms with Crippen molar-refractivity contribution in [3.8, 4) is 0 Å². The highest BCUT2D eigenvalue weighted by Crippen LogP contribution is 2.14. The molecule has 0 heterocycles. The molecule has 0 aliphatic rings. The number of aryl methyl sites for hydroxylation is 2. The molecular formula is C15H21NO2. The summed E-state index contributed by atoms with van der Waals surface area (Å²) in [5, 5.41) is 2.68. The van der Waals surface area contributed by atoms with Crippen LogP contribution < -0.4 is 5.32 Å². The van der Waals surface area contributed by atoms with Crippen molar-refractivity contribution in [2.24, 2.45) is 5.41 Å². The summed E-state index contributed by atoms with van der Waals surface area (Å²) in [7, 11) is 0. The predicted octanol–water partition coefficient (Wildman–Crippen LogP) is 2.65. The Kier molecular flexibility index (Phi) is 4.28. The van der Waals surface area contributed by atoms with E-state index in [4.69, 9.17) is 0 Å². The highest BCUT2D eigenvalue weighted by atomic mass is 16.2. The fraction of sp³-hybridized carbons (Fsp3) is 0.467. The molecule has 1 amide bonds. The minimum Gasteiger partial charge on any atom is -0.345 e. The molecule has 0 spiro atoms. The van der Waals surface area contributed by atoms with Gasteiger partial charge in [0.25, 0.3) is 5.91 Å². The third-order valence-electron chi connectivity index (χ3n) is 2.87. The average molecular weight is 247 g/mol. The van der Waals surface area contributed by atoms with Crippen molar-refractivity contribution in [1.29, 1.82) is 0 Å². The SMILES string of the molecule is Cc1ccc(C(=O)NCC(=O)C(C)(C)C)c(C)c1. The summed E-state index contributed by atoms with van der Waals surface area (Å²) >= 11 is 0. The first-order valence-electron chi connectivity index (χ1n) is 6.10. The van der Waals surface area contributed by atoms with Gasteiger partial charge in [0.1, 0.15) is 0 Å². The van der Waals surface area contributed by atoms with Crippen LogP contribution in [-0.2, 0) is 4.79 Å². The number of hydrogen-bond acceptors (Lipinski definition) is 2. The van der Waals surface area contributed by atoms with Crippen molar-refractivity contribution in [3.63, 3.8) is 0 Å². The highest BCUT2D eigenvalue weighted by molar-refractivity contribution is 5.98. The minimum atomic E-state index is -0.421. The van der Waals surface area contributed by atoms with E-state index in [0.29, 0.717) is 5.56 Å². The van der Waals surface area contributed by atoms with Crippen molar-refractivity contribution >= 4 is 11.7 Å². The van der Waals surface area contributed by atoms with Gasteiger partial charge in [-0.15, -0.1) is 0 Å². The fourth-order valence-corrected chi connectivity index (χ4v) is 1.59. The molecule has 0 fully saturated rings. The van der Waals surface area contributed by atoms with Gasteiger partial charge in [0.15, 0.2) is 5.78 Å². The molecule has 1 aromatic carbocycles. The Morgan fingerprint density at radius 3 is 2.28 bits per heavy atom. The summed E-state index contributed by atoms with van der Waals surface area (Å²) in [6.07, 6.45) is 0. The van der Waals surface area contributed by atoms with Gasteiger partial charge in [-0.05, 0) is 25.5 Å². The van der Waals surface area contributed by atoms with Crippen LogP contribution in [0.3, 0.4) is 0 Å². The first-order valence-corrected chi connectivity index (χ1v) is 6.10. The first kappa shape index (κ1) is 14.4. The Morgan fingerprint density at radius 1 is 1.17 bits per heavy atom. The smallest absolute Gasteiger partial charge is 0.251 e. The quantitative estimate of drug-likeness (QED) is 0.892. The van der Waals surface area contributed by atoms with Crippen LogP contribution in [-0.4, -0.2) is 18.2 Å². The summed E-state index contributed by atoms with van der Waals surface area (Å²) in [5.74, 6) is -0.161. The Hall–Kier alpha value is -1.64. The van der Waals surface area contributed by atoms with Crippen LogP contribution in [0, 0.1) is 19.3 Å². The van der Waals surface area contributed by atoms with Gasteiger partial charge in [-0.25, -0.2) is 0 Å². The van der Waals surface area contributed by atoms with E-state index in [1.807, 2.05) is 46.8 Å². The number of amides is 1. The second-order valence-corrected chi connectivity index (χ2v) is 5.67. The predicted molar refractivity (Wildman–Crippen MR) is 72.7 cm³/mol. The standard InChI is InChI=1S/C15H21NO2/c1-10-6-7-12(11(2)8-10)14(18)16-9-13(17)15(3,4)5/h6-8H,9H2,1-5H3,(H,16,18). The summed E-state index contributed by atoms with van der Waals surface area (Å²) in [6.45, 7) is 9.50. The summed E-state index contributed by atoms with van der Waals surface area (Å²) < 4.78 is 0. The van der Waals surface area contributed by atoms with Gasteiger partial charge in [-0.3, -0.25) is 9.59 Å². The molecule has 0 atom stereocenters. The number of carbonyl (C=O) groups is 2. The van der Waals surface area contributed by atoms with Crippen molar-refractivity contribution in [1.82, 2.24) is 5.32 Å². The zero-order valence-corrected chi connectivity index (χ0v) is 11.8. The molecular weight excluding hydrogens is 226 g/mol. The summed E-state index contributed by atoms with van der Waals surface area (Å²) in [6, 6.07) is 5.65. The second-order valence-electron chi connectivity index (χ2n) is 5.67. The Labute approximate surface area is 109 Å². The van der Waals surface area contributed by atoms with Crippen molar-refractivity contribution in [3.05, 3.63) is 34.9 Å². The normalized spacial score (nSPS) is 11.2. The van der Waals surface area contributed by atoms with E-state index < -0.39 is 5.41 Å². The molecule has 0 bridgehead atoms. The zero-order chi connectivity index (χ0) is 13.9. The maximum absolute atomic E-state index is 11.9. The summed E-state index contributed by atoms with van der Waals surface area (Å²) in [5.41, 5.74) is 2.25. The van der Waals surface area contributed by atoms with Crippen molar-refractivity contribution < 1.29 is 9.59 Å². The molecule has 0 saturated carbocycles. The monoisotopic (exact) mass is 247 g/mol. The first-order chi connectivity index (χ1) is 8.21. The van der Waals surface area contributed by atoms with Gasteiger partial charge in [-0.1, -0.05) is 38.5 Å². The number of carbonyl (C=O) groups excluding carboxylic acids is 2. The molecule has 0 aromatic heterocycles. The third kappa shape index (κ3) is 3.69. The van der Waals surface area contributed by atoms with Gasteiger partial charge in [0, 0.05) is 11.0 Å². The van der Waals surface area contributed by atoms with Gasteiger partial charge >= 0.3 is 0 Å². The molecule has 18 heavy (non-hydrogen) atoms. The van der Waals surface area contributed by atoms with E-state index in [1.54, 1.807) is 6.07 Å². The lowest BCUT2D eigenvalue weighted by Gasteiger charge is -2.17. The van der Waals surface area contributed by atoms with Crippen LogP contribution in [0.4, 0.5) is 0 Å². The van der Waals surface area contributed by atoms with E-state index >= 15 is 0 Å². The third-order valence-corrected chi connectivity index (χ3v) is 2.87. The number of rotatable bonds is 3. The van der Waals surface area contributed by atoms with E-state index in [0.717, 1.165) is 11.1 Å². The van der Waals surface area contributed by atoms with E-state index in [-0.39, 0.29) is 18.2 Å². The van der Waals surface area contributed by atoms with Gasteiger partial charge in [0.05, 0.1) is 6.54 Å². The molecule has 0 aliphatic carbocycles. The number of Topliss-reactive ketones (excluding diaryl/α,β-unsaturated/α-hetero) is 1.